The maximum atomic E-state index is 11.6. The average Bonchev–Trinajstić information content (AvgIpc) is 2.39. The van der Waals surface area contributed by atoms with Crippen LogP contribution in [0.3, 0.4) is 0 Å². The normalized spacial score (nSPS) is 10.0. The van der Waals surface area contributed by atoms with Crippen molar-refractivity contribution in [1.29, 1.82) is 0 Å². The van der Waals surface area contributed by atoms with E-state index in [2.05, 4.69) is 17.6 Å². The molecule has 1 aromatic carbocycles. The minimum absolute atomic E-state index is 0.0374. The first-order chi connectivity index (χ1) is 9.11. The molecular weight excluding hydrogens is 280 g/mol. The second-order valence-corrected chi connectivity index (χ2v) is 6.32. The second-order valence-electron chi connectivity index (χ2n) is 3.86. The fourth-order valence-corrected chi connectivity index (χ4v) is 2.89. The predicted octanol–water partition coefficient (Wildman–Crippen LogP) is 2.66. The van der Waals surface area contributed by atoms with Gasteiger partial charge in [0.15, 0.2) is 0 Å². The van der Waals surface area contributed by atoms with E-state index >= 15 is 0 Å². The Bertz CT molecular complexity index is 421. The van der Waals surface area contributed by atoms with Crippen molar-refractivity contribution in [3.05, 3.63) is 29.8 Å². The minimum Gasteiger partial charge on any atom is -0.346 e. The van der Waals surface area contributed by atoms with Crippen molar-refractivity contribution >= 4 is 39.1 Å². The zero-order valence-electron chi connectivity index (χ0n) is 11.1. The topological polar surface area (TPSA) is 58.2 Å². The Morgan fingerprint density at radius 3 is 2.42 bits per heavy atom. The molecule has 2 amide bonds. The van der Waals surface area contributed by atoms with Gasteiger partial charge in [-0.05, 0) is 24.1 Å². The van der Waals surface area contributed by atoms with Crippen molar-refractivity contribution in [3.8, 4) is 0 Å². The number of benzene rings is 1. The predicted molar refractivity (Wildman–Crippen MR) is 83.2 cm³/mol. The van der Waals surface area contributed by atoms with E-state index in [4.69, 9.17) is 0 Å². The van der Waals surface area contributed by atoms with E-state index in [-0.39, 0.29) is 11.8 Å². The Morgan fingerprint density at radius 2 is 1.84 bits per heavy atom. The van der Waals surface area contributed by atoms with Crippen LogP contribution in [0, 0.1) is 0 Å². The molecule has 0 fully saturated rings. The molecule has 0 radical (unpaired) electrons. The molecule has 0 unspecified atom stereocenters. The summed E-state index contributed by atoms with van der Waals surface area (Å²) in [5.74, 6) is 0.774. The SMILES string of the molecule is CCc1ccc(NC(=O)CSSCNC(C)=O)cc1. The van der Waals surface area contributed by atoms with E-state index in [9.17, 15) is 9.59 Å². The van der Waals surface area contributed by atoms with E-state index in [1.165, 1.54) is 34.1 Å². The fourth-order valence-electron chi connectivity index (χ4n) is 1.29. The number of carbonyl (C=O) groups is 2. The summed E-state index contributed by atoms with van der Waals surface area (Å²) in [5, 5.41) is 5.49. The highest BCUT2D eigenvalue weighted by Crippen LogP contribution is 2.20. The summed E-state index contributed by atoms with van der Waals surface area (Å²) >= 11 is 0. The Balaban J connectivity index is 2.21. The highest BCUT2D eigenvalue weighted by atomic mass is 33.1. The number of anilines is 1. The molecule has 0 saturated heterocycles. The summed E-state index contributed by atoms with van der Waals surface area (Å²) in [6.45, 7) is 3.56. The van der Waals surface area contributed by atoms with Crippen LogP contribution in [0.5, 0.6) is 0 Å². The zero-order valence-corrected chi connectivity index (χ0v) is 12.7. The molecule has 0 aliphatic heterocycles. The maximum Gasteiger partial charge on any atom is 0.235 e. The molecule has 1 rings (SSSR count). The third-order valence-corrected chi connectivity index (χ3v) is 4.32. The monoisotopic (exact) mass is 298 g/mol. The first kappa shape index (κ1) is 15.9. The second kappa shape index (κ2) is 8.87. The van der Waals surface area contributed by atoms with Crippen molar-refractivity contribution in [2.45, 2.75) is 20.3 Å². The van der Waals surface area contributed by atoms with Crippen molar-refractivity contribution in [2.24, 2.45) is 0 Å². The highest BCUT2D eigenvalue weighted by molar-refractivity contribution is 8.76. The van der Waals surface area contributed by atoms with Crippen LogP contribution in [-0.4, -0.2) is 23.4 Å². The van der Waals surface area contributed by atoms with Crippen LogP contribution in [-0.2, 0) is 16.0 Å². The van der Waals surface area contributed by atoms with Gasteiger partial charge in [-0.1, -0.05) is 40.6 Å². The lowest BCUT2D eigenvalue weighted by Crippen LogP contribution is -2.18. The highest BCUT2D eigenvalue weighted by Gasteiger charge is 2.03. The van der Waals surface area contributed by atoms with Crippen molar-refractivity contribution in [2.75, 3.05) is 16.9 Å². The molecule has 0 aliphatic rings. The number of hydrogen-bond donors (Lipinski definition) is 2. The van der Waals surface area contributed by atoms with E-state index in [0.29, 0.717) is 11.6 Å². The molecule has 19 heavy (non-hydrogen) atoms. The van der Waals surface area contributed by atoms with Crippen molar-refractivity contribution in [1.82, 2.24) is 5.32 Å². The van der Waals surface area contributed by atoms with Gasteiger partial charge >= 0.3 is 0 Å². The largest absolute Gasteiger partial charge is 0.346 e. The maximum absolute atomic E-state index is 11.6. The van der Waals surface area contributed by atoms with Crippen LogP contribution < -0.4 is 10.6 Å². The zero-order chi connectivity index (χ0) is 14.1. The van der Waals surface area contributed by atoms with Crippen LogP contribution in [0.25, 0.3) is 0 Å². The Labute approximate surface area is 121 Å². The van der Waals surface area contributed by atoms with Gasteiger partial charge < -0.3 is 10.6 Å². The van der Waals surface area contributed by atoms with Gasteiger partial charge in [-0.3, -0.25) is 9.59 Å². The molecule has 104 valence electrons. The third kappa shape index (κ3) is 7.12. The molecule has 0 atom stereocenters. The molecule has 0 bridgehead atoms. The Hall–Kier alpha value is -1.14. The van der Waals surface area contributed by atoms with Crippen molar-refractivity contribution in [3.63, 3.8) is 0 Å². The van der Waals surface area contributed by atoms with Crippen LogP contribution in [0.4, 0.5) is 5.69 Å². The first-order valence-electron chi connectivity index (χ1n) is 5.99. The van der Waals surface area contributed by atoms with Gasteiger partial charge in [0.05, 0.1) is 11.6 Å². The summed E-state index contributed by atoms with van der Waals surface area (Å²) < 4.78 is 0. The lowest BCUT2D eigenvalue weighted by Gasteiger charge is -2.06. The Kier molecular flexibility index (Phi) is 7.43. The number of rotatable bonds is 7. The average molecular weight is 298 g/mol. The van der Waals surface area contributed by atoms with Crippen LogP contribution >= 0.6 is 21.6 Å². The summed E-state index contributed by atoms with van der Waals surface area (Å²) in [6, 6.07) is 7.83. The summed E-state index contributed by atoms with van der Waals surface area (Å²) in [5.41, 5.74) is 2.06. The first-order valence-corrected chi connectivity index (χ1v) is 8.48. The van der Waals surface area contributed by atoms with Gasteiger partial charge in [-0.2, -0.15) is 0 Å². The molecule has 6 heteroatoms. The van der Waals surface area contributed by atoms with E-state index in [1.807, 2.05) is 24.3 Å². The summed E-state index contributed by atoms with van der Waals surface area (Å²) in [7, 11) is 2.87. The fraction of sp³-hybridized carbons (Fsp3) is 0.385. The standard InChI is InChI=1S/C13H18N2O2S2/c1-3-11-4-6-12(7-5-11)15-13(17)8-18-19-9-14-10(2)16/h4-7H,3,8-9H2,1-2H3,(H,14,16)(H,15,17). The lowest BCUT2D eigenvalue weighted by molar-refractivity contribution is -0.118. The van der Waals surface area contributed by atoms with Gasteiger partial charge in [0.2, 0.25) is 11.8 Å². The molecule has 0 aliphatic carbocycles. The molecule has 0 heterocycles. The Morgan fingerprint density at radius 1 is 1.16 bits per heavy atom. The van der Waals surface area contributed by atoms with Gasteiger partial charge in [0.25, 0.3) is 0 Å². The quantitative estimate of drug-likeness (QED) is 0.461. The van der Waals surface area contributed by atoms with Gasteiger partial charge in [-0.15, -0.1) is 0 Å². The number of hydrogen-bond acceptors (Lipinski definition) is 4. The van der Waals surface area contributed by atoms with Crippen LogP contribution in [0.2, 0.25) is 0 Å². The van der Waals surface area contributed by atoms with Crippen LogP contribution in [0.15, 0.2) is 24.3 Å². The third-order valence-electron chi connectivity index (χ3n) is 2.30. The molecule has 4 nitrogen and oxygen atoms in total. The van der Waals surface area contributed by atoms with Gasteiger partial charge in [-0.25, -0.2) is 0 Å². The number of aryl methyl sites for hydroxylation is 1. The van der Waals surface area contributed by atoms with E-state index in [1.54, 1.807) is 0 Å². The van der Waals surface area contributed by atoms with Crippen LogP contribution in [0.1, 0.15) is 19.4 Å². The minimum atomic E-state index is -0.0615. The molecule has 0 spiro atoms. The number of amides is 2. The molecule has 0 aromatic heterocycles. The number of carbonyl (C=O) groups excluding carboxylic acids is 2. The van der Waals surface area contributed by atoms with E-state index < -0.39 is 0 Å². The molecule has 2 N–H and O–H groups in total. The summed E-state index contributed by atoms with van der Waals surface area (Å²) in [4.78, 5) is 22.3. The molecular formula is C13H18N2O2S2. The van der Waals surface area contributed by atoms with E-state index in [0.717, 1.165) is 12.1 Å². The lowest BCUT2D eigenvalue weighted by atomic mass is 10.1. The molecule has 1 aromatic rings. The van der Waals surface area contributed by atoms with Crippen molar-refractivity contribution < 1.29 is 9.59 Å². The number of nitrogens with one attached hydrogen (secondary N) is 2. The summed E-state index contributed by atoms with van der Waals surface area (Å²) in [6.07, 6.45) is 0.990. The van der Waals surface area contributed by atoms with Gasteiger partial charge in [0, 0.05) is 12.6 Å². The smallest absolute Gasteiger partial charge is 0.235 e. The molecule has 0 saturated carbocycles. The van der Waals surface area contributed by atoms with Gasteiger partial charge in [0.1, 0.15) is 0 Å².